The summed E-state index contributed by atoms with van der Waals surface area (Å²) in [6.07, 6.45) is 0. The zero-order valence-corrected chi connectivity index (χ0v) is 7.72. The molecule has 1 rings (SSSR count). The number of esters is 1. The topological polar surface area (TPSA) is 100 Å². The summed E-state index contributed by atoms with van der Waals surface area (Å²) in [5.41, 5.74) is -0.522. The molecule has 76 valence electrons. The van der Waals surface area contributed by atoms with E-state index >= 15 is 0 Å². The predicted molar refractivity (Wildman–Crippen MR) is 47.3 cm³/mol. The molecule has 0 bridgehead atoms. The van der Waals surface area contributed by atoms with E-state index in [0.29, 0.717) is 0 Å². The Morgan fingerprint density at radius 2 is 2.07 bits per heavy atom. The molecule has 0 aromatic carbocycles. The quantitative estimate of drug-likeness (QED) is 0.704. The molecule has 0 fully saturated rings. The van der Waals surface area contributed by atoms with E-state index < -0.39 is 11.9 Å². The summed E-state index contributed by atoms with van der Waals surface area (Å²) in [4.78, 5) is 25.2. The number of carbonyl (C=O) groups excluding carboxylic acids is 1. The van der Waals surface area contributed by atoms with Gasteiger partial charge in [0.05, 0.1) is 18.7 Å². The number of pyridine rings is 1. The number of hydrogen-bond acceptors (Lipinski definition) is 5. The van der Waals surface area contributed by atoms with Crippen molar-refractivity contribution in [2.45, 2.75) is 0 Å². The van der Waals surface area contributed by atoms with Gasteiger partial charge in [0, 0.05) is 0 Å². The van der Waals surface area contributed by atoms with Crippen molar-refractivity contribution in [3.05, 3.63) is 29.1 Å². The highest BCUT2D eigenvalue weighted by Gasteiger charge is 2.14. The maximum atomic E-state index is 11.1. The first-order valence-corrected chi connectivity index (χ1v) is 3.82. The maximum absolute atomic E-state index is 11.1. The number of carboxylic acid groups (broad SMARTS) is 1. The molecule has 1 N–H and O–H groups in total. The van der Waals surface area contributed by atoms with E-state index in [9.17, 15) is 9.59 Å². The molecule has 0 atom stereocenters. The van der Waals surface area contributed by atoms with Gasteiger partial charge in [0.2, 0.25) is 0 Å². The van der Waals surface area contributed by atoms with Crippen LogP contribution >= 0.6 is 0 Å². The van der Waals surface area contributed by atoms with Crippen LogP contribution in [-0.4, -0.2) is 29.1 Å². The Hall–Kier alpha value is -2.42. The standard InChI is InChI=1S/C9H6N2O4/c1-15-9(14)7-3-5(4-10)2-6(11-7)8(12)13/h2-3H,1H3,(H,12,13). The van der Waals surface area contributed by atoms with E-state index in [4.69, 9.17) is 10.4 Å². The lowest BCUT2D eigenvalue weighted by atomic mass is 10.2. The monoisotopic (exact) mass is 206 g/mol. The van der Waals surface area contributed by atoms with Crippen LogP contribution in [-0.2, 0) is 4.74 Å². The Labute approximate surface area is 84.7 Å². The van der Waals surface area contributed by atoms with E-state index in [1.807, 2.05) is 0 Å². The van der Waals surface area contributed by atoms with Gasteiger partial charge in [-0.05, 0) is 12.1 Å². The summed E-state index contributed by atoms with van der Waals surface area (Å²) in [6, 6.07) is 3.97. The first kappa shape index (κ1) is 10.7. The number of rotatable bonds is 2. The van der Waals surface area contributed by atoms with Gasteiger partial charge in [0.1, 0.15) is 0 Å². The smallest absolute Gasteiger partial charge is 0.356 e. The minimum Gasteiger partial charge on any atom is -0.477 e. The van der Waals surface area contributed by atoms with Crippen molar-refractivity contribution < 1.29 is 19.4 Å². The normalized spacial score (nSPS) is 9.07. The van der Waals surface area contributed by atoms with Gasteiger partial charge >= 0.3 is 11.9 Å². The van der Waals surface area contributed by atoms with E-state index in [1.54, 1.807) is 6.07 Å². The van der Waals surface area contributed by atoms with Gasteiger partial charge in [0.15, 0.2) is 11.4 Å². The summed E-state index contributed by atoms with van der Waals surface area (Å²) in [6.45, 7) is 0. The van der Waals surface area contributed by atoms with E-state index in [-0.39, 0.29) is 17.0 Å². The van der Waals surface area contributed by atoms with Gasteiger partial charge in [-0.2, -0.15) is 5.26 Å². The summed E-state index contributed by atoms with van der Waals surface area (Å²) < 4.78 is 4.37. The third-order valence-corrected chi connectivity index (χ3v) is 1.57. The Kier molecular flexibility index (Phi) is 2.98. The largest absolute Gasteiger partial charge is 0.477 e. The zero-order valence-electron chi connectivity index (χ0n) is 7.72. The second-order valence-electron chi connectivity index (χ2n) is 2.53. The molecular formula is C9H6N2O4. The van der Waals surface area contributed by atoms with Gasteiger partial charge in [0.25, 0.3) is 0 Å². The lowest BCUT2D eigenvalue weighted by Gasteiger charge is -2.00. The number of nitriles is 1. The van der Waals surface area contributed by atoms with Gasteiger partial charge in [-0.1, -0.05) is 0 Å². The van der Waals surface area contributed by atoms with Crippen LogP contribution in [0.3, 0.4) is 0 Å². The highest BCUT2D eigenvalue weighted by atomic mass is 16.5. The highest BCUT2D eigenvalue weighted by Crippen LogP contribution is 2.06. The van der Waals surface area contributed by atoms with Crippen molar-refractivity contribution in [2.24, 2.45) is 0 Å². The van der Waals surface area contributed by atoms with Crippen molar-refractivity contribution in [1.82, 2.24) is 4.98 Å². The van der Waals surface area contributed by atoms with E-state index in [0.717, 1.165) is 19.2 Å². The molecule has 0 aliphatic heterocycles. The minimum absolute atomic E-state index is 0.0443. The molecule has 0 aliphatic rings. The summed E-state index contributed by atoms with van der Waals surface area (Å²) in [5, 5.41) is 17.3. The lowest BCUT2D eigenvalue weighted by Crippen LogP contribution is -2.09. The average molecular weight is 206 g/mol. The van der Waals surface area contributed by atoms with Crippen molar-refractivity contribution in [2.75, 3.05) is 7.11 Å². The molecule has 0 spiro atoms. The van der Waals surface area contributed by atoms with Crippen LogP contribution < -0.4 is 0 Å². The molecule has 1 aromatic rings. The van der Waals surface area contributed by atoms with Crippen LogP contribution in [0.15, 0.2) is 12.1 Å². The molecule has 0 unspecified atom stereocenters. The Balaban J connectivity index is 3.31. The molecule has 1 heterocycles. The number of carbonyl (C=O) groups is 2. The van der Waals surface area contributed by atoms with Crippen molar-refractivity contribution in [3.8, 4) is 6.07 Å². The number of hydrogen-bond donors (Lipinski definition) is 1. The molecule has 6 heteroatoms. The van der Waals surface area contributed by atoms with Crippen LogP contribution in [0.5, 0.6) is 0 Å². The van der Waals surface area contributed by atoms with Crippen molar-refractivity contribution in [3.63, 3.8) is 0 Å². The maximum Gasteiger partial charge on any atom is 0.356 e. The third-order valence-electron chi connectivity index (χ3n) is 1.57. The van der Waals surface area contributed by atoms with Crippen LogP contribution in [0.4, 0.5) is 0 Å². The number of methoxy groups -OCH3 is 1. The number of aromatic nitrogens is 1. The van der Waals surface area contributed by atoms with Crippen LogP contribution in [0, 0.1) is 11.3 Å². The molecule has 6 nitrogen and oxygen atoms in total. The minimum atomic E-state index is -1.31. The highest BCUT2D eigenvalue weighted by molar-refractivity contribution is 5.91. The molecule has 0 saturated carbocycles. The fourth-order valence-corrected chi connectivity index (χ4v) is 0.914. The van der Waals surface area contributed by atoms with Crippen LogP contribution in [0.2, 0.25) is 0 Å². The first-order valence-electron chi connectivity index (χ1n) is 3.82. The van der Waals surface area contributed by atoms with Crippen molar-refractivity contribution >= 4 is 11.9 Å². The van der Waals surface area contributed by atoms with E-state index in [1.165, 1.54) is 0 Å². The molecule has 0 saturated heterocycles. The molecule has 1 aromatic heterocycles. The molecule has 0 radical (unpaired) electrons. The molecular weight excluding hydrogens is 200 g/mol. The fourth-order valence-electron chi connectivity index (χ4n) is 0.914. The number of nitrogens with zero attached hydrogens (tertiary/aromatic N) is 2. The number of aromatic carboxylic acids is 1. The van der Waals surface area contributed by atoms with Gasteiger partial charge in [-0.15, -0.1) is 0 Å². The first-order chi connectivity index (χ1) is 7.08. The second kappa shape index (κ2) is 4.19. The zero-order chi connectivity index (χ0) is 11.4. The van der Waals surface area contributed by atoms with Gasteiger partial charge in [-0.3, -0.25) is 0 Å². The van der Waals surface area contributed by atoms with E-state index in [2.05, 4.69) is 9.72 Å². The van der Waals surface area contributed by atoms with Crippen LogP contribution in [0.1, 0.15) is 26.5 Å². The summed E-state index contributed by atoms with van der Waals surface area (Å²) in [5.74, 6) is -2.09. The fraction of sp³-hybridized carbons (Fsp3) is 0.111. The van der Waals surface area contributed by atoms with Gasteiger partial charge in [-0.25, -0.2) is 14.6 Å². The SMILES string of the molecule is COC(=O)c1cc(C#N)cc(C(=O)O)n1. The average Bonchev–Trinajstić information content (AvgIpc) is 2.27. The van der Waals surface area contributed by atoms with Crippen LogP contribution in [0.25, 0.3) is 0 Å². The Morgan fingerprint density at radius 1 is 1.47 bits per heavy atom. The Bertz CT molecular complexity index is 462. The lowest BCUT2D eigenvalue weighted by molar-refractivity contribution is 0.0593. The Morgan fingerprint density at radius 3 is 2.53 bits per heavy atom. The van der Waals surface area contributed by atoms with Crippen molar-refractivity contribution in [1.29, 1.82) is 5.26 Å². The molecule has 0 amide bonds. The summed E-state index contributed by atoms with van der Waals surface area (Å²) in [7, 11) is 1.14. The predicted octanol–water partition coefficient (Wildman–Crippen LogP) is 0.438. The third kappa shape index (κ3) is 2.28. The molecule has 0 aliphatic carbocycles. The number of carboxylic acids is 1. The molecule has 15 heavy (non-hydrogen) atoms. The summed E-state index contributed by atoms with van der Waals surface area (Å²) >= 11 is 0. The second-order valence-corrected chi connectivity index (χ2v) is 2.53. The number of ether oxygens (including phenoxy) is 1. The van der Waals surface area contributed by atoms with Gasteiger partial charge < -0.3 is 9.84 Å².